The van der Waals surface area contributed by atoms with Gasteiger partial charge in [-0.05, 0) is 68.4 Å². The average molecular weight is 624 g/mol. The third-order valence-electron chi connectivity index (χ3n) is 9.12. The van der Waals surface area contributed by atoms with Crippen LogP contribution in [0.1, 0.15) is 36.8 Å². The van der Waals surface area contributed by atoms with E-state index in [0.29, 0.717) is 29.1 Å². The van der Waals surface area contributed by atoms with E-state index >= 15 is 0 Å². The number of benzene rings is 3. The van der Waals surface area contributed by atoms with Crippen LogP contribution in [0.15, 0.2) is 88.8 Å². The number of nitrogens with zero attached hydrogens (tertiary/aromatic N) is 4. The van der Waals surface area contributed by atoms with Crippen LogP contribution >= 0.6 is 11.8 Å². The summed E-state index contributed by atoms with van der Waals surface area (Å²) in [6, 6.07) is 25.9. The van der Waals surface area contributed by atoms with Crippen LogP contribution in [-0.4, -0.2) is 58.2 Å². The Morgan fingerprint density at radius 1 is 0.867 bits per heavy atom. The van der Waals surface area contributed by atoms with E-state index in [1.165, 1.54) is 23.0 Å². The maximum atomic E-state index is 13.7. The minimum atomic E-state index is -0.0989. The summed E-state index contributed by atoms with van der Waals surface area (Å²) in [5, 5.41) is 4.14. The van der Waals surface area contributed by atoms with Crippen LogP contribution in [0.4, 0.5) is 5.69 Å². The minimum Gasteiger partial charge on any atom is -0.368 e. The fourth-order valence-electron chi connectivity index (χ4n) is 6.44. The molecule has 1 N–H and O–H groups in total. The molecule has 2 fully saturated rings. The Kier molecular flexibility index (Phi) is 9.84. The summed E-state index contributed by atoms with van der Waals surface area (Å²) in [6.45, 7) is 6.26. The molecule has 1 aliphatic heterocycles. The van der Waals surface area contributed by atoms with Gasteiger partial charge in [-0.25, -0.2) is 4.98 Å². The van der Waals surface area contributed by atoms with Crippen molar-refractivity contribution in [2.24, 2.45) is 11.8 Å². The first-order valence-electron chi connectivity index (χ1n) is 16.0. The van der Waals surface area contributed by atoms with Crippen LogP contribution in [-0.2, 0) is 22.7 Å². The lowest BCUT2D eigenvalue weighted by Crippen LogP contribution is -2.50. The molecule has 3 aromatic carbocycles. The number of carbonyl (C=O) groups excluding carboxylic acids is 2. The molecule has 8 nitrogen and oxygen atoms in total. The molecule has 0 bridgehead atoms. The Hall–Kier alpha value is -4.11. The molecule has 0 radical (unpaired) electrons. The standard InChI is InChI=1S/C36H41N5O3S/c1-26-11-13-27(14-12-26)23-37-33(42)25-45-36-38-32-10-6-5-9-31(32)35(44)41(36)24-28-15-17-29(18-16-28)34(43)40-21-19-39(20-22-40)30-7-3-2-4-8-30/h2-14,28-29H,15-25H2,1H3,(H,37,42). The van der Waals surface area contributed by atoms with Crippen LogP contribution in [0.25, 0.3) is 10.9 Å². The first-order chi connectivity index (χ1) is 21.9. The maximum absolute atomic E-state index is 13.7. The molecule has 2 aliphatic rings. The molecular weight excluding hydrogens is 582 g/mol. The van der Waals surface area contributed by atoms with Crippen molar-refractivity contribution in [1.29, 1.82) is 0 Å². The van der Waals surface area contributed by atoms with Crippen molar-refractivity contribution in [1.82, 2.24) is 19.8 Å². The maximum Gasteiger partial charge on any atom is 0.262 e. The Morgan fingerprint density at radius 3 is 2.29 bits per heavy atom. The third kappa shape index (κ3) is 7.59. The predicted molar refractivity (Wildman–Crippen MR) is 180 cm³/mol. The second-order valence-corrected chi connectivity index (χ2v) is 13.2. The van der Waals surface area contributed by atoms with Crippen LogP contribution in [0.3, 0.4) is 0 Å². The largest absolute Gasteiger partial charge is 0.368 e. The van der Waals surface area contributed by atoms with Gasteiger partial charge in [0, 0.05) is 50.9 Å². The second kappa shape index (κ2) is 14.3. The average Bonchev–Trinajstić information content (AvgIpc) is 3.09. The molecule has 6 rings (SSSR count). The first kappa shape index (κ1) is 30.9. The molecule has 2 heterocycles. The van der Waals surface area contributed by atoms with Gasteiger partial charge < -0.3 is 15.1 Å². The van der Waals surface area contributed by atoms with Gasteiger partial charge >= 0.3 is 0 Å². The van der Waals surface area contributed by atoms with Crippen LogP contribution in [0.2, 0.25) is 0 Å². The predicted octanol–water partition coefficient (Wildman–Crippen LogP) is 5.27. The molecule has 0 atom stereocenters. The summed E-state index contributed by atoms with van der Waals surface area (Å²) in [4.78, 5) is 49.0. The molecule has 4 aromatic rings. The van der Waals surface area contributed by atoms with Gasteiger partial charge in [-0.2, -0.15) is 0 Å². The smallest absolute Gasteiger partial charge is 0.262 e. The van der Waals surface area contributed by atoms with Crippen molar-refractivity contribution in [3.05, 3.63) is 100 Å². The molecule has 2 amide bonds. The molecule has 9 heteroatoms. The molecular formula is C36H41N5O3S. The van der Waals surface area contributed by atoms with Gasteiger partial charge in [-0.15, -0.1) is 0 Å². The normalized spacial score (nSPS) is 18.6. The Bertz CT molecular complexity index is 1680. The van der Waals surface area contributed by atoms with E-state index in [0.717, 1.165) is 57.4 Å². The summed E-state index contributed by atoms with van der Waals surface area (Å²) < 4.78 is 1.76. The molecule has 0 spiro atoms. The highest BCUT2D eigenvalue weighted by Crippen LogP contribution is 2.32. The molecule has 1 aliphatic carbocycles. The summed E-state index contributed by atoms with van der Waals surface area (Å²) in [5.41, 5.74) is 4.01. The highest BCUT2D eigenvalue weighted by Gasteiger charge is 2.32. The minimum absolute atomic E-state index is 0.0436. The van der Waals surface area contributed by atoms with E-state index in [2.05, 4.69) is 34.5 Å². The van der Waals surface area contributed by atoms with Crippen molar-refractivity contribution < 1.29 is 9.59 Å². The van der Waals surface area contributed by atoms with Crippen LogP contribution < -0.4 is 15.8 Å². The summed E-state index contributed by atoms with van der Waals surface area (Å²) in [7, 11) is 0. The number of amides is 2. The molecule has 1 saturated carbocycles. The van der Waals surface area contributed by atoms with Crippen molar-refractivity contribution in [3.8, 4) is 0 Å². The van der Waals surface area contributed by atoms with E-state index in [9.17, 15) is 14.4 Å². The van der Waals surface area contributed by atoms with Gasteiger partial charge in [0.2, 0.25) is 11.8 Å². The highest BCUT2D eigenvalue weighted by molar-refractivity contribution is 7.99. The number of nitrogens with one attached hydrogen (secondary N) is 1. The van der Waals surface area contributed by atoms with Crippen LogP contribution in [0, 0.1) is 18.8 Å². The summed E-state index contributed by atoms with van der Waals surface area (Å²) >= 11 is 1.31. The van der Waals surface area contributed by atoms with Gasteiger partial charge in [-0.1, -0.05) is 71.9 Å². The first-order valence-corrected chi connectivity index (χ1v) is 17.0. The zero-order valence-electron chi connectivity index (χ0n) is 25.9. The fraction of sp³-hybridized carbons (Fsp3) is 0.389. The monoisotopic (exact) mass is 623 g/mol. The number of carbonyl (C=O) groups is 2. The quantitative estimate of drug-likeness (QED) is 0.202. The molecule has 234 valence electrons. The van der Waals surface area contributed by atoms with Gasteiger partial charge in [0.05, 0.1) is 16.7 Å². The summed E-state index contributed by atoms with van der Waals surface area (Å²) in [5.74, 6) is 0.674. The van der Waals surface area contributed by atoms with E-state index in [-0.39, 0.29) is 35.0 Å². The molecule has 1 saturated heterocycles. The van der Waals surface area contributed by atoms with Gasteiger partial charge in [0.25, 0.3) is 5.56 Å². The lowest BCUT2D eigenvalue weighted by Gasteiger charge is -2.39. The van der Waals surface area contributed by atoms with Crippen LogP contribution in [0.5, 0.6) is 0 Å². The number of aromatic nitrogens is 2. The number of hydrogen-bond acceptors (Lipinski definition) is 6. The number of rotatable bonds is 9. The van der Waals surface area contributed by atoms with Crippen molar-refractivity contribution in [3.63, 3.8) is 0 Å². The number of thioether (sulfide) groups is 1. The van der Waals surface area contributed by atoms with Gasteiger partial charge in [0.15, 0.2) is 5.16 Å². The highest BCUT2D eigenvalue weighted by atomic mass is 32.2. The Balaban J connectivity index is 1.05. The molecule has 45 heavy (non-hydrogen) atoms. The molecule has 0 unspecified atom stereocenters. The van der Waals surface area contributed by atoms with E-state index in [1.807, 2.05) is 66.4 Å². The van der Waals surface area contributed by atoms with Crippen molar-refractivity contribution >= 4 is 40.2 Å². The number of aryl methyl sites for hydroxylation is 1. The number of piperazine rings is 1. The Labute approximate surface area is 268 Å². The lowest BCUT2D eigenvalue weighted by atomic mass is 9.81. The number of anilines is 1. The zero-order valence-corrected chi connectivity index (χ0v) is 26.7. The zero-order chi connectivity index (χ0) is 31.2. The van der Waals surface area contributed by atoms with E-state index < -0.39 is 0 Å². The van der Waals surface area contributed by atoms with E-state index in [4.69, 9.17) is 4.98 Å². The Morgan fingerprint density at radius 2 is 1.56 bits per heavy atom. The van der Waals surface area contributed by atoms with Gasteiger partial charge in [-0.3, -0.25) is 19.0 Å². The topological polar surface area (TPSA) is 87.5 Å². The fourth-order valence-corrected chi connectivity index (χ4v) is 7.28. The van der Waals surface area contributed by atoms with E-state index in [1.54, 1.807) is 4.57 Å². The SMILES string of the molecule is Cc1ccc(CNC(=O)CSc2nc3ccccc3c(=O)n2CC2CCC(C(=O)N3CCN(c4ccccc4)CC3)CC2)cc1. The second-order valence-electron chi connectivity index (χ2n) is 12.2. The number of fused-ring (bicyclic) bond motifs is 1. The van der Waals surface area contributed by atoms with Crippen molar-refractivity contribution in [2.75, 3.05) is 36.8 Å². The van der Waals surface area contributed by atoms with Crippen molar-refractivity contribution in [2.45, 2.75) is 50.9 Å². The summed E-state index contributed by atoms with van der Waals surface area (Å²) in [6.07, 6.45) is 3.45. The molecule has 1 aromatic heterocycles. The third-order valence-corrected chi connectivity index (χ3v) is 10.1. The number of para-hydroxylation sites is 2. The number of hydrogen-bond donors (Lipinski definition) is 1. The lowest BCUT2D eigenvalue weighted by molar-refractivity contribution is -0.137. The van der Waals surface area contributed by atoms with Gasteiger partial charge in [0.1, 0.15) is 0 Å².